The van der Waals surface area contributed by atoms with Gasteiger partial charge >= 0.3 is 0 Å². The molecule has 104 valence electrons. The van der Waals surface area contributed by atoms with Crippen LogP contribution in [-0.4, -0.2) is 24.9 Å². The number of ether oxygens (including phenoxy) is 1. The van der Waals surface area contributed by atoms with Crippen molar-refractivity contribution in [3.63, 3.8) is 0 Å². The lowest BCUT2D eigenvalue weighted by Crippen LogP contribution is -2.47. The van der Waals surface area contributed by atoms with Crippen molar-refractivity contribution in [1.82, 2.24) is 5.32 Å². The van der Waals surface area contributed by atoms with E-state index < -0.39 is 5.67 Å². The molecule has 2 heterocycles. The maximum atomic E-state index is 15.2. The average molecular weight is 263 g/mol. The van der Waals surface area contributed by atoms with Gasteiger partial charge in [0.15, 0.2) is 0 Å². The second kappa shape index (κ2) is 4.78. The van der Waals surface area contributed by atoms with E-state index in [1.54, 1.807) is 7.11 Å². The van der Waals surface area contributed by atoms with Crippen molar-refractivity contribution < 1.29 is 9.13 Å². The Bertz CT molecular complexity index is 462. The van der Waals surface area contributed by atoms with Crippen LogP contribution in [0.1, 0.15) is 36.8 Å². The van der Waals surface area contributed by atoms with E-state index in [4.69, 9.17) is 4.74 Å². The first kappa shape index (κ1) is 12.9. The summed E-state index contributed by atoms with van der Waals surface area (Å²) in [5.74, 6) is 0.813. The van der Waals surface area contributed by atoms with Gasteiger partial charge in [0.05, 0.1) is 7.11 Å². The topological polar surface area (TPSA) is 21.3 Å². The molecule has 0 aliphatic carbocycles. The fourth-order valence-electron chi connectivity index (χ4n) is 3.72. The van der Waals surface area contributed by atoms with Gasteiger partial charge in [0.1, 0.15) is 11.4 Å². The van der Waals surface area contributed by atoms with Gasteiger partial charge in [-0.2, -0.15) is 0 Å². The van der Waals surface area contributed by atoms with E-state index in [2.05, 4.69) is 11.4 Å². The zero-order valence-corrected chi connectivity index (χ0v) is 11.7. The smallest absolute Gasteiger partial charge is 0.122 e. The van der Waals surface area contributed by atoms with Crippen LogP contribution >= 0.6 is 0 Å². The molecular weight excluding hydrogens is 241 g/mol. The minimum atomic E-state index is -1.07. The van der Waals surface area contributed by atoms with Gasteiger partial charge in [0.2, 0.25) is 0 Å². The largest absolute Gasteiger partial charge is 0.496 e. The lowest BCUT2D eigenvalue weighted by Gasteiger charge is -2.35. The third-order valence-electron chi connectivity index (χ3n) is 4.50. The number of halogens is 1. The normalized spacial score (nSPS) is 33.4. The molecule has 2 nitrogen and oxygen atoms in total. The minimum absolute atomic E-state index is 0.375. The molecule has 0 spiro atoms. The monoisotopic (exact) mass is 263 g/mol. The van der Waals surface area contributed by atoms with Gasteiger partial charge in [-0.25, -0.2) is 4.39 Å². The van der Waals surface area contributed by atoms with E-state index in [0.29, 0.717) is 31.3 Å². The summed E-state index contributed by atoms with van der Waals surface area (Å²) >= 11 is 0. The highest BCUT2D eigenvalue weighted by molar-refractivity contribution is 5.38. The van der Waals surface area contributed by atoms with Crippen LogP contribution in [0.15, 0.2) is 18.2 Å². The minimum Gasteiger partial charge on any atom is -0.496 e. The van der Waals surface area contributed by atoms with Crippen molar-refractivity contribution in [3.05, 3.63) is 29.3 Å². The molecule has 2 aliphatic rings. The first-order valence-corrected chi connectivity index (χ1v) is 7.16. The molecule has 2 aliphatic heterocycles. The number of rotatable bonds is 3. The highest BCUT2D eigenvalue weighted by Crippen LogP contribution is 2.40. The number of alkyl halides is 1. The van der Waals surface area contributed by atoms with Crippen LogP contribution in [0.2, 0.25) is 0 Å². The quantitative estimate of drug-likeness (QED) is 0.904. The summed E-state index contributed by atoms with van der Waals surface area (Å²) in [5, 5.41) is 3.50. The maximum absolute atomic E-state index is 15.2. The lowest BCUT2D eigenvalue weighted by atomic mass is 9.83. The second-order valence-corrected chi connectivity index (χ2v) is 6.19. The first-order valence-electron chi connectivity index (χ1n) is 7.16. The number of piperidine rings is 1. The Kier molecular flexibility index (Phi) is 3.25. The van der Waals surface area contributed by atoms with Crippen LogP contribution in [0, 0.1) is 6.92 Å². The van der Waals surface area contributed by atoms with Crippen LogP contribution in [0.25, 0.3) is 0 Å². The molecule has 1 aromatic carbocycles. The molecule has 1 N–H and O–H groups in total. The Balaban J connectivity index is 1.82. The summed E-state index contributed by atoms with van der Waals surface area (Å²) in [5.41, 5.74) is 1.10. The van der Waals surface area contributed by atoms with Gasteiger partial charge in [-0.15, -0.1) is 0 Å². The van der Waals surface area contributed by atoms with Gasteiger partial charge in [-0.3, -0.25) is 0 Å². The van der Waals surface area contributed by atoms with E-state index in [1.165, 1.54) is 0 Å². The summed E-state index contributed by atoms with van der Waals surface area (Å²) in [6, 6.07) is 6.77. The Morgan fingerprint density at radius 1 is 1.32 bits per heavy atom. The molecule has 2 unspecified atom stereocenters. The first-order chi connectivity index (χ1) is 9.08. The molecule has 3 rings (SSSR count). The van der Waals surface area contributed by atoms with Crippen LogP contribution in [-0.2, 0) is 6.42 Å². The summed E-state index contributed by atoms with van der Waals surface area (Å²) in [6.45, 7) is 2.04. The predicted octanol–water partition coefficient (Wildman–Crippen LogP) is 3.17. The third kappa shape index (κ3) is 2.62. The zero-order chi connectivity index (χ0) is 13.5. The van der Waals surface area contributed by atoms with Crippen LogP contribution in [0.5, 0.6) is 5.75 Å². The molecule has 0 amide bonds. The highest BCUT2D eigenvalue weighted by Gasteiger charge is 2.44. The molecule has 3 heteroatoms. The number of aryl methyl sites for hydroxylation is 1. The van der Waals surface area contributed by atoms with Crippen molar-refractivity contribution in [2.24, 2.45) is 0 Å². The number of hydrogen-bond donors (Lipinski definition) is 1. The number of fused-ring (bicyclic) bond motifs is 2. The number of benzene rings is 1. The molecule has 0 aromatic heterocycles. The standard InChI is InChI=1S/C16H22FNO/c1-11-3-6-15(19-2)12(7-11)8-16(17)9-13-4-5-14(10-16)18-13/h3,6-7,13-14,18H,4-5,8-10H2,1-2H3. The van der Waals surface area contributed by atoms with Crippen molar-refractivity contribution in [1.29, 1.82) is 0 Å². The Labute approximate surface area is 114 Å². The maximum Gasteiger partial charge on any atom is 0.122 e. The highest BCUT2D eigenvalue weighted by atomic mass is 19.1. The molecule has 2 atom stereocenters. The molecule has 2 fully saturated rings. The molecule has 19 heavy (non-hydrogen) atoms. The molecule has 0 saturated carbocycles. The number of nitrogens with one attached hydrogen (secondary N) is 1. The van der Waals surface area contributed by atoms with Gasteiger partial charge in [0.25, 0.3) is 0 Å². The van der Waals surface area contributed by atoms with E-state index in [1.807, 2.05) is 19.1 Å². The summed E-state index contributed by atoms with van der Waals surface area (Å²) in [6.07, 6.45) is 4.01. The summed E-state index contributed by atoms with van der Waals surface area (Å²) in [4.78, 5) is 0. The van der Waals surface area contributed by atoms with Crippen LogP contribution in [0.4, 0.5) is 4.39 Å². The molecule has 0 radical (unpaired) electrons. The Hall–Kier alpha value is -1.09. The van der Waals surface area contributed by atoms with Crippen molar-refractivity contribution in [3.8, 4) is 5.75 Å². The third-order valence-corrected chi connectivity index (χ3v) is 4.50. The van der Waals surface area contributed by atoms with Crippen molar-refractivity contribution in [2.45, 2.75) is 56.8 Å². The Morgan fingerprint density at radius 2 is 2.00 bits per heavy atom. The number of methoxy groups -OCH3 is 1. The fourth-order valence-corrected chi connectivity index (χ4v) is 3.72. The average Bonchev–Trinajstić information content (AvgIpc) is 2.69. The lowest BCUT2D eigenvalue weighted by molar-refractivity contribution is 0.0886. The molecule has 2 saturated heterocycles. The second-order valence-electron chi connectivity index (χ2n) is 6.19. The zero-order valence-electron chi connectivity index (χ0n) is 11.7. The molecular formula is C16H22FNO. The van der Waals surface area contributed by atoms with Crippen LogP contribution < -0.4 is 10.1 Å². The van der Waals surface area contributed by atoms with Gasteiger partial charge < -0.3 is 10.1 Å². The van der Waals surface area contributed by atoms with Gasteiger partial charge in [-0.05, 0) is 44.2 Å². The SMILES string of the molecule is COc1ccc(C)cc1CC1(F)CC2CCC(C1)N2. The van der Waals surface area contributed by atoms with E-state index in [-0.39, 0.29) is 0 Å². The summed E-state index contributed by atoms with van der Waals surface area (Å²) in [7, 11) is 1.66. The van der Waals surface area contributed by atoms with Gasteiger partial charge in [-0.1, -0.05) is 17.7 Å². The summed E-state index contributed by atoms with van der Waals surface area (Å²) < 4.78 is 20.5. The predicted molar refractivity (Wildman–Crippen MR) is 74.5 cm³/mol. The van der Waals surface area contributed by atoms with Gasteiger partial charge in [0, 0.05) is 18.5 Å². The molecule has 2 bridgehead atoms. The van der Waals surface area contributed by atoms with E-state index in [0.717, 1.165) is 29.7 Å². The molecule has 1 aromatic rings. The van der Waals surface area contributed by atoms with E-state index in [9.17, 15) is 0 Å². The van der Waals surface area contributed by atoms with E-state index >= 15 is 4.39 Å². The Morgan fingerprint density at radius 3 is 2.63 bits per heavy atom. The van der Waals surface area contributed by atoms with Crippen molar-refractivity contribution in [2.75, 3.05) is 7.11 Å². The fraction of sp³-hybridized carbons (Fsp3) is 0.625. The van der Waals surface area contributed by atoms with Crippen LogP contribution in [0.3, 0.4) is 0 Å². The van der Waals surface area contributed by atoms with Crippen molar-refractivity contribution >= 4 is 0 Å². The number of hydrogen-bond acceptors (Lipinski definition) is 2.